The topological polar surface area (TPSA) is 79.4 Å². The number of sulfonamides is 1. The van der Waals surface area contributed by atoms with Crippen molar-refractivity contribution in [2.75, 3.05) is 22.9 Å². The molecular weight excluding hydrogens is 358 g/mol. The molecule has 134 valence electrons. The number of rotatable bonds is 8. The molecule has 1 N–H and O–H groups in total. The molecule has 0 saturated heterocycles. The number of nitrogens with zero attached hydrogens (tertiary/aromatic N) is 2. The number of benzene rings is 1. The van der Waals surface area contributed by atoms with Crippen LogP contribution in [0.3, 0.4) is 0 Å². The van der Waals surface area contributed by atoms with E-state index >= 15 is 0 Å². The fourth-order valence-electron chi connectivity index (χ4n) is 2.29. The predicted molar refractivity (Wildman–Crippen MR) is 101 cm³/mol. The van der Waals surface area contributed by atoms with Gasteiger partial charge in [-0.25, -0.2) is 13.4 Å². The predicted octanol–water partition coefficient (Wildman–Crippen LogP) is 2.14. The summed E-state index contributed by atoms with van der Waals surface area (Å²) in [6.45, 7) is 2.01. The Morgan fingerprint density at radius 1 is 1.20 bits per heavy atom. The minimum absolute atomic E-state index is 0.337. The zero-order chi connectivity index (χ0) is 18.3. The number of carbonyl (C=O) groups excluding carboxylic acids is 1. The van der Waals surface area contributed by atoms with Crippen LogP contribution < -0.4 is 9.62 Å². The lowest BCUT2D eigenvalue weighted by molar-refractivity contribution is -0.121. The molecular formula is C17H21N3O3S2. The number of anilines is 1. The zero-order valence-corrected chi connectivity index (χ0v) is 15.8. The molecule has 1 amide bonds. The van der Waals surface area contributed by atoms with Crippen molar-refractivity contribution >= 4 is 33.4 Å². The van der Waals surface area contributed by atoms with Gasteiger partial charge in [0.2, 0.25) is 15.9 Å². The maximum atomic E-state index is 12.4. The van der Waals surface area contributed by atoms with Gasteiger partial charge in [0.1, 0.15) is 6.04 Å². The number of hydrogen-bond acceptors (Lipinski definition) is 5. The third-order valence-electron chi connectivity index (χ3n) is 3.39. The van der Waals surface area contributed by atoms with Gasteiger partial charge in [-0.05, 0) is 31.2 Å². The second-order valence-corrected chi connectivity index (χ2v) is 8.35. The Hall–Kier alpha value is -2.06. The van der Waals surface area contributed by atoms with Gasteiger partial charge in [0, 0.05) is 18.5 Å². The first kappa shape index (κ1) is 19.3. The molecule has 0 unspecified atom stereocenters. The lowest BCUT2D eigenvalue weighted by atomic mass is 10.2. The normalized spacial score (nSPS) is 12.4. The summed E-state index contributed by atoms with van der Waals surface area (Å²) in [7, 11) is -3.58. The van der Waals surface area contributed by atoms with Gasteiger partial charge in [0.15, 0.2) is 0 Å². The Balaban J connectivity index is 1.94. The highest BCUT2D eigenvalue weighted by Crippen LogP contribution is 2.20. The molecule has 0 aliphatic carbocycles. The molecule has 0 aliphatic rings. The average molecular weight is 380 g/mol. The van der Waals surface area contributed by atoms with Crippen LogP contribution in [-0.2, 0) is 14.8 Å². The van der Waals surface area contributed by atoms with E-state index in [2.05, 4.69) is 10.3 Å². The van der Waals surface area contributed by atoms with Crippen molar-refractivity contribution in [3.8, 4) is 0 Å². The van der Waals surface area contributed by atoms with E-state index in [9.17, 15) is 13.2 Å². The molecule has 6 nitrogen and oxygen atoms in total. The second-order valence-electron chi connectivity index (χ2n) is 5.38. The average Bonchev–Trinajstić information content (AvgIpc) is 2.59. The summed E-state index contributed by atoms with van der Waals surface area (Å²) in [5.41, 5.74) is 0.468. The highest BCUT2D eigenvalue weighted by atomic mass is 32.2. The van der Waals surface area contributed by atoms with Crippen molar-refractivity contribution < 1.29 is 13.2 Å². The number of hydrogen-bond donors (Lipinski definition) is 1. The first-order valence-corrected chi connectivity index (χ1v) is 10.6. The van der Waals surface area contributed by atoms with Gasteiger partial charge >= 0.3 is 0 Å². The quantitative estimate of drug-likeness (QED) is 0.562. The van der Waals surface area contributed by atoms with Crippen molar-refractivity contribution in [1.29, 1.82) is 0 Å². The summed E-state index contributed by atoms with van der Waals surface area (Å²) in [5, 5.41) is 3.66. The molecule has 0 saturated carbocycles. The maximum absolute atomic E-state index is 12.4. The summed E-state index contributed by atoms with van der Waals surface area (Å²) in [6, 6.07) is 13.4. The van der Waals surface area contributed by atoms with Crippen LogP contribution in [0.25, 0.3) is 0 Å². The smallest absolute Gasteiger partial charge is 0.243 e. The molecule has 0 spiro atoms. The maximum Gasteiger partial charge on any atom is 0.243 e. The third kappa shape index (κ3) is 5.75. The zero-order valence-electron chi connectivity index (χ0n) is 14.1. The van der Waals surface area contributed by atoms with Crippen molar-refractivity contribution in [3.05, 3.63) is 54.7 Å². The molecule has 1 aromatic carbocycles. The van der Waals surface area contributed by atoms with E-state index in [0.29, 0.717) is 18.0 Å². The third-order valence-corrected chi connectivity index (χ3v) is 5.58. The Labute approximate surface area is 152 Å². The van der Waals surface area contributed by atoms with E-state index < -0.39 is 16.1 Å². The van der Waals surface area contributed by atoms with Gasteiger partial charge in [-0.2, -0.15) is 0 Å². The molecule has 8 heteroatoms. The van der Waals surface area contributed by atoms with Crippen molar-refractivity contribution in [1.82, 2.24) is 10.3 Å². The van der Waals surface area contributed by atoms with E-state index in [1.165, 1.54) is 11.8 Å². The summed E-state index contributed by atoms with van der Waals surface area (Å²) in [6.07, 6.45) is 2.81. The van der Waals surface area contributed by atoms with Crippen molar-refractivity contribution in [2.24, 2.45) is 0 Å². The number of pyridine rings is 1. The van der Waals surface area contributed by atoms with Crippen LogP contribution in [0.4, 0.5) is 5.69 Å². The summed E-state index contributed by atoms with van der Waals surface area (Å²) < 4.78 is 25.4. The highest BCUT2D eigenvalue weighted by molar-refractivity contribution is 7.99. The Kier molecular flexibility index (Phi) is 6.83. The fraction of sp³-hybridized carbons (Fsp3) is 0.294. The van der Waals surface area contributed by atoms with E-state index in [4.69, 9.17) is 0 Å². The molecule has 25 heavy (non-hydrogen) atoms. The fourth-order valence-corrected chi connectivity index (χ4v) is 4.19. The number of carbonyl (C=O) groups is 1. The molecule has 0 radical (unpaired) electrons. The lowest BCUT2D eigenvalue weighted by Gasteiger charge is -2.28. The SMILES string of the molecule is C[C@H](C(=O)NCCSc1ccccn1)N(c1ccccc1)S(C)(=O)=O. The first-order valence-electron chi connectivity index (χ1n) is 7.75. The number of amides is 1. The summed E-state index contributed by atoms with van der Waals surface area (Å²) in [4.78, 5) is 16.6. The van der Waals surface area contributed by atoms with Gasteiger partial charge in [0.05, 0.1) is 17.0 Å². The van der Waals surface area contributed by atoms with E-state index in [1.807, 2.05) is 18.2 Å². The van der Waals surface area contributed by atoms with E-state index in [1.54, 1.807) is 43.5 Å². The molecule has 0 aliphatic heterocycles. The Bertz CT molecular complexity index is 783. The number of para-hydroxylation sites is 1. The van der Waals surface area contributed by atoms with Gasteiger partial charge in [0.25, 0.3) is 0 Å². The summed E-state index contributed by atoms with van der Waals surface area (Å²) >= 11 is 1.53. The standard InChI is InChI=1S/C17H21N3O3S2/c1-14(20(25(2,22)23)15-8-4-3-5-9-15)17(21)19-12-13-24-16-10-6-7-11-18-16/h3-11,14H,12-13H2,1-2H3,(H,19,21)/t14-/m1/s1. The molecule has 1 aromatic heterocycles. The molecule has 2 rings (SSSR count). The number of thioether (sulfide) groups is 1. The molecule has 0 bridgehead atoms. The van der Waals surface area contributed by atoms with Crippen LogP contribution in [0.2, 0.25) is 0 Å². The van der Waals surface area contributed by atoms with Gasteiger partial charge in [-0.3, -0.25) is 9.10 Å². The Morgan fingerprint density at radius 3 is 2.48 bits per heavy atom. The van der Waals surface area contributed by atoms with E-state index in [0.717, 1.165) is 15.6 Å². The van der Waals surface area contributed by atoms with Crippen LogP contribution >= 0.6 is 11.8 Å². The minimum Gasteiger partial charge on any atom is -0.353 e. The van der Waals surface area contributed by atoms with E-state index in [-0.39, 0.29) is 5.91 Å². The molecule has 0 fully saturated rings. The van der Waals surface area contributed by atoms with Crippen LogP contribution in [0.1, 0.15) is 6.92 Å². The van der Waals surface area contributed by atoms with Crippen molar-refractivity contribution in [3.63, 3.8) is 0 Å². The molecule has 2 aromatic rings. The first-order chi connectivity index (χ1) is 11.9. The van der Waals surface area contributed by atoms with Crippen molar-refractivity contribution in [2.45, 2.75) is 18.0 Å². The Morgan fingerprint density at radius 2 is 1.88 bits per heavy atom. The van der Waals surface area contributed by atoms with Gasteiger partial charge < -0.3 is 5.32 Å². The van der Waals surface area contributed by atoms with Crippen LogP contribution in [-0.4, -0.2) is 43.9 Å². The van der Waals surface area contributed by atoms with Gasteiger partial charge in [-0.1, -0.05) is 24.3 Å². The lowest BCUT2D eigenvalue weighted by Crippen LogP contribution is -2.48. The monoisotopic (exact) mass is 379 g/mol. The molecule has 1 heterocycles. The number of aromatic nitrogens is 1. The largest absolute Gasteiger partial charge is 0.353 e. The highest BCUT2D eigenvalue weighted by Gasteiger charge is 2.28. The van der Waals surface area contributed by atoms with Crippen LogP contribution in [0, 0.1) is 0 Å². The van der Waals surface area contributed by atoms with Crippen LogP contribution in [0.5, 0.6) is 0 Å². The second kappa shape index (κ2) is 8.87. The number of nitrogens with one attached hydrogen (secondary N) is 1. The van der Waals surface area contributed by atoms with Gasteiger partial charge in [-0.15, -0.1) is 11.8 Å². The van der Waals surface area contributed by atoms with Crippen LogP contribution in [0.15, 0.2) is 59.8 Å². The minimum atomic E-state index is -3.58. The summed E-state index contributed by atoms with van der Waals surface area (Å²) in [5.74, 6) is 0.315. The molecule has 1 atom stereocenters.